The SMILES string of the molecule is C=CCc1cc(/C=c2/sc3n(c2=O)[C@@H](c2ccc(Cl)cc2)C(C(=O)OC(C)C)=C(C)N=3)cc(OCC)c1OCc1ccc(Cl)cc1. The molecule has 1 aliphatic heterocycles. The predicted molar refractivity (Wildman–Crippen MR) is 184 cm³/mol. The van der Waals surface area contributed by atoms with Gasteiger partial charge >= 0.3 is 5.97 Å². The summed E-state index contributed by atoms with van der Waals surface area (Å²) in [5.74, 6) is 0.653. The summed E-state index contributed by atoms with van der Waals surface area (Å²) >= 11 is 13.5. The van der Waals surface area contributed by atoms with E-state index >= 15 is 0 Å². The van der Waals surface area contributed by atoms with Crippen LogP contribution in [-0.2, 0) is 22.6 Å². The van der Waals surface area contributed by atoms with Crippen molar-refractivity contribution in [1.82, 2.24) is 4.57 Å². The number of allylic oxidation sites excluding steroid dienone is 2. The van der Waals surface area contributed by atoms with Gasteiger partial charge in [-0.25, -0.2) is 9.79 Å². The second kappa shape index (κ2) is 14.5. The second-order valence-corrected chi connectivity index (χ2v) is 12.8. The lowest BCUT2D eigenvalue weighted by Gasteiger charge is -2.25. The first-order valence-corrected chi connectivity index (χ1v) is 16.4. The van der Waals surface area contributed by atoms with Gasteiger partial charge in [0, 0.05) is 15.6 Å². The minimum atomic E-state index is -0.735. The highest BCUT2D eigenvalue weighted by atomic mass is 35.5. The largest absolute Gasteiger partial charge is 0.490 e. The average Bonchev–Trinajstić information content (AvgIpc) is 3.31. The zero-order chi connectivity index (χ0) is 33.0. The van der Waals surface area contributed by atoms with Crippen LogP contribution in [0.4, 0.5) is 0 Å². The molecule has 0 spiro atoms. The number of thiazole rings is 1. The number of fused-ring (bicyclic) bond motifs is 1. The third kappa shape index (κ3) is 7.30. The zero-order valence-electron chi connectivity index (χ0n) is 26.0. The fraction of sp³-hybridized carbons (Fsp3) is 0.250. The lowest BCUT2D eigenvalue weighted by Crippen LogP contribution is -2.40. The van der Waals surface area contributed by atoms with Gasteiger partial charge in [0.1, 0.15) is 6.61 Å². The van der Waals surface area contributed by atoms with E-state index in [1.54, 1.807) is 43.5 Å². The van der Waals surface area contributed by atoms with Gasteiger partial charge in [0.05, 0.1) is 34.6 Å². The van der Waals surface area contributed by atoms with Crippen LogP contribution in [0.15, 0.2) is 94.4 Å². The molecule has 10 heteroatoms. The first-order valence-electron chi connectivity index (χ1n) is 14.9. The summed E-state index contributed by atoms with van der Waals surface area (Å²) in [6, 6.07) is 17.7. The highest BCUT2D eigenvalue weighted by Gasteiger charge is 2.33. The van der Waals surface area contributed by atoms with Gasteiger partial charge in [0.15, 0.2) is 16.3 Å². The van der Waals surface area contributed by atoms with Crippen LogP contribution in [0.5, 0.6) is 11.5 Å². The number of esters is 1. The molecule has 46 heavy (non-hydrogen) atoms. The quantitative estimate of drug-likeness (QED) is 0.124. The molecular formula is C36H34Cl2N2O5S. The molecule has 0 N–H and O–H groups in total. The van der Waals surface area contributed by atoms with Crippen molar-refractivity contribution >= 4 is 46.6 Å². The molecule has 1 aromatic heterocycles. The van der Waals surface area contributed by atoms with Crippen molar-refractivity contribution in [3.8, 4) is 11.5 Å². The lowest BCUT2D eigenvalue weighted by atomic mass is 9.96. The molecule has 0 bridgehead atoms. The maximum Gasteiger partial charge on any atom is 0.338 e. The van der Waals surface area contributed by atoms with E-state index in [0.29, 0.717) is 61.8 Å². The third-order valence-electron chi connectivity index (χ3n) is 7.18. The van der Waals surface area contributed by atoms with Gasteiger partial charge in [0.25, 0.3) is 5.56 Å². The molecule has 1 atom stereocenters. The Morgan fingerprint density at radius 1 is 1.07 bits per heavy atom. The van der Waals surface area contributed by atoms with Crippen molar-refractivity contribution in [3.05, 3.63) is 137 Å². The zero-order valence-corrected chi connectivity index (χ0v) is 28.3. The van der Waals surface area contributed by atoms with E-state index in [1.807, 2.05) is 61.5 Å². The number of nitrogens with zero attached hydrogens (tertiary/aromatic N) is 2. The van der Waals surface area contributed by atoms with Crippen LogP contribution in [0.3, 0.4) is 0 Å². The number of hydrogen-bond acceptors (Lipinski definition) is 7. The van der Waals surface area contributed by atoms with Gasteiger partial charge in [-0.3, -0.25) is 9.36 Å². The fourth-order valence-corrected chi connectivity index (χ4v) is 6.51. The Hall–Kier alpha value is -4.11. The lowest BCUT2D eigenvalue weighted by molar-refractivity contribution is -0.143. The third-order valence-corrected chi connectivity index (χ3v) is 8.67. The summed E-state index contributed by atoms with van der Waals surface area (Å²) in [5.41, 5.74) is 3.82. The molecule has 0 saturated carbocycles. The van der Waals surface area contributed by atoms with Gasteiger partial charge in [-0.05, 0) is 93.3 Å². The molecule has 0 radical (unpaired) electrons. The summed E-state index contributed by atoms with van der Waals surface area (Å²) in [4.78, 5) is 32.7. The standard InChI is InChI=1S/C36H34Cl2N2O5S/c1-6-8-26-17-24(18-29(43-7-2)33(26)44-20-23-9-13-27(37)14-10-23)19-30-34(41)40-32(25-11-15-28(38)16-12-25)31(35(42)45-21(3)4)22(5)39-36(40)46-30/h6,9-19,21,32H,1,7-8,20H2,2-5H3/b30-19+/t32-/m0/s1. The summed E-state index contributed by atoms with van der Waals surface area (Å²) < 4.78 is 19.9. The van der Waals surface area contributed by atoms with Crippen LogP contribution < -0.4 is 24.4 Å². The highest BCUT2D eigenvalue weighted by Crippen LogP contribution is 2.35. The molecule has 2 heterocycles. The highest BCUT2D eigenvalue weighted by molar-refractivity contribution is 7.07. The molecule has 7 nitrogen and oxygen atoms in total. The van der Waals surface area contributed by atoms with Gasteiger partial charge in [0.2, 0.25) is 0 Å². The van der Waals surface area contributed by atoms with Crippen molar-refractivity contribution in [1.29, 1.82) is 0 Å². The molecule has 0 amide bonds. The van der Waals surface area contributed by atoms with Crippen LogP contribution in [0.2, 0.25) is 10.0 Å². The van der Waals surface area contributed by atoms with E-state index in [0.717, 1.165) is 22.3 Å². The van der Waals surface area contributed by atoms with Gasteiger partial charge in [-0.1, -0.05) is 64.9 Å². The Kier molecular flexibility index (Phi) is 10.5. The first-order chi connectivity index (χ1) is 22.1. The Balaban J connectivity index is 1.62. The number of halogens is 2. The number of rotatable bonds is 11. The van der Waals surface area contributed by atoms with Crippen molar-refractivity contribution in [2.24, 2.45) is 4.99 Å². The molecule has 0 saturated heterocycles. The molecule has 0 aliphatic carbocycles. The van der Waals surface area contributed by atoms with E-state index < -0.39 is 12.0 Å². The van der Waals surface area contributed by atoms with E-state index in [-0.39, 0.29) is 11.7 Å². The summed E-state index contributed by atoms with van der Waals surface area (Å²) in [5, 5.41) is 1.20. The summed E-state index contributed by atoms with van der Waals surface area (Å²) in [6.45, 7) is 11.9. The predicted octanol–water partition coefficient (Wildman–Crippen LogP) is 7.20. The number of benzene rings is 3. The number of ether oxygens (including phenoxy) is 3. The minimum absolute atomic E-state index is 0.280. The van der Waals surface area contributed by atoms with Crippen LogP contribution in [0.25, 0.3) is 6.08 Å². The van der Waals surface area contributed by atoms with Gasteiger partial charge in [-0.15, -0.1) is 6.58 Å². The Bertz CT molecular complexity index is 1980. The minimum Gasteiger partial charge on any atom is -0.490 e. The normalized spacial score (nSPS) is 14.6. The summed E-state index contributed by atoms with van der Waals surface area (Å²) in [7, 11) is 0. The molecule has 0 fully saturated rings. The topological polar surface area (TPSA) is 79.1 Å². The molecule has 3 aromatic carbocycles. The van der Waals surface area contributed by atoms with Crippen molar-refractivity contribution in [2.75, 3.05) is 6.61 Å². The number of hydrogen-bond donors (Lipinski definition) is 0. The maximum atomic E-state index is 14.1. The Morgan fingerprint density at radius 3 is 2.37 bits per heavy atom. The molecule has 1 aliphatic rings. The molecular weight excluding hydrogens is 643 g/mol. The smallest absolute Gasteiger partial charge is 0.338 e. The molecule has 0 unspecified atom stereocenters. The first kappa shape index (κ1) is 33.3. The van der Waals surface area contributed by atoms with Gasteiger partial charge < -0.3 is 14.2 Å². The Morgan fingerprint density at radius 2 is 1.74 bits per heavy atom. The average molecular weight is 678 g/mol. The number of carbonyl (C=O) groups excluding carboxylic acids is 1. The van der Waals surface area contributed by atoms with E-state index in [4.69, 9.17) is 37.4 Å². The summed E-state index contributed by atoms with van der Waals surface area (Å²) in [6.07, 6.45) is 3.79. The van der Waals surface area contributed by atoms with Gasteiger partial charge in [-0.2, -0.15) is 0 Å². The maximum absolute atomic E-state index is 14.1. The van der Waals surface area contributed by atoms with Crippen LogP contribution >= 0.6 is 34.5 Å². The van der Waals surface area contributed by atoms with Crippen molar-refractivity contribution in [3.63, 3.8) is 0 Å². The van der Waals surface area contributed by atoms with Crippen LogP contribution in [0, 0.1) is 0 Å². The molecule has 238 valence electrons. The Labute approximate surface area is 281 Å². The van der Waals surface area contributed by atoms with Crippen LogP contribution in [0.1, 0.15) is 56.0 Å². The van der Waals surface area contributed by atoms with E-state index in [2.05, 4.69) is 11.6 Å². The fourth-order valence-electron chi connectivity index (χ4n) is 5.21. The van der Waals surface area contributed by atoms with E-state index in [9.17, 15) is 9.59 Å². The second-order valence-electron chi connectivity index (χ2n) is 10.9. The molecule has 5 rings (SSSR count). The van der Waals surface area contributed by atoms with Crippen LogP contribution in [-0.4, -0.2) is 23.2 Å². The molecule has 4 aromatic rings. The number of carbonyl (C=O) groups is 1. The van der Waals surface area contributed by atoms with Crippen molar-refractivity contribution < 1.29 is 19.0 Å². The number of aromatic nitrogens is 1. The van der Waals surface area contributed by atoms with E-state index in [1.165, 1.54) is 11.3 Å². The van der Waals surface area contributed by atoms with Crippen molar-refractivity contribution in [2.45, 2.75) is 52.9 Å². The monoisotopic (exact) mass is 676 g/mol.